The molecule has 0 heterocycles. The number of hydrogen-bond donors (Lipinski definition) is 1. The molecule has 2 aromatic rings. The fourth-order valence-corrected chi connectivity index (χ4v) is 3.37. The molecule has 1 unspecified atom stereocenters. The van der Waals surface area contributed by atoms with Crippen LogP contribution in [0, 0.1) is 0 Å². The van der Waals surface area contributed by atoms with Crippen LogP contribution in [-0.2, 0) is 17.3 Å². The molecule has 0 aliphatic heterocycles. The van der Waals surface area contributed by atoms with Gasteiger partial charge in [-0.3, -0.25) is 4.21 Å². The van der Waals surface area contributed by atoms with Crippen molar-refractivity contribution in [2.75, 3.05) is 12.4 Å². The van der Waals surface area contributed by atoms with Crippen molar-refractivity contribution in [3.05, 3.63) is 58.1 Å². The summed E-state index contributed by atoms with van der Waals surface area (Å²) < 4.78 is 17.8. The highest BCUT2D eigenvalue weighted by Gasteiger charge is 2.10. The zero-order chi connectivity index (χ0) is 15.2. The van der Waals surface area contributed by atoms with Crippen molar-refractivity contribution >= 4 is 34.0 Å². The monoisotopic (exact) mass is 343 g/mol. The van der Waals surface area contributed by atoms with Crippen LogP contribution < -0.4 is 10.5 Å². The predicted molar refractivity (Wildman–Crippen MR) is 87.6 cm³/mol. The van der Waals surface area contributed by atoms with Crippen molar-refractivity contribution in [2.24, 2.45) is 5.73 Å². The maximum atomic E-state index is 12.2. The number of ether oxygens (including phenoxy) is 1. The molecule has 6 heteroatoms. The molecule has 112 valence electrons. The van der Waals surface area contributed by atoms with Crippen molar-refractivity contribution in [2.45, 2.75) is 11.4 Å². The molecule has 0 spiro atoms. The summed E-state index contributed by atoms with van der Waals surface area (Å²) >= 11 is 11.9. The van der Waals surface area contributed by atoms with E-state index in [1.807, 2.05) is 24.3 Å². The third-order valence-electron chi connectivity index (χ3n) is 2.81. The lowest BCUT2D eigenvalue weighted by Gasteiger charge is -2.08. The van der Waals surface area contributed by atoms with Crippen LogP contribution in [0.2, 0.25) is 10.0 Å². The second-order valence-electron chi connectivity index (χ2n) is 4.32. The summed E-state index contributed by atoms with van der Waals surface area (Å²) in [6.45, 7) is 0.782. The lowest BCUT2D eigenvalue weighted by molar-refractivity contribution is 0.342. The molecular weight excluding hydrogens is 329 g/mol. The number of rotatable bonds is 6. The Morgan fingerprint density at radius 3 is 2.71 bits per heavy atom. The van der Waals surface area contributed by atoms with E-state index in [2.05, 4.69) is 0 Å². The van der Waals surface area contributed by atoms with Gasteiger partial charge in [-0.05, 0) is 35.9 Å². The number of benzene rings is 2. The first-order valence-electron chi connectivity index (χ1n) is 6.35. The minimum absolute atomic E-state index is 0.323. The molecule has 2 N–H and O–H groups in total. The van der Waals surface area contributed by atoms with E-state index in [9.17, 15) is 4.21 Å². The van der Waals surface area contributed by atoms with E-state index in [0.29, 0.717) is 39.6 Å². The average Bonchev–Trinajstić information content (AvgIpc) is 2.49. The largest absolute Gasteiger partial charge is 0.493 e. The third-order valence-corrected chi connectivity index (χ3v) is 4.85. The molecule has 1 atom stereocenters. The SMILES string of the molecule is NCc1cccc(OCCS(=O)c2cc(Cl)ccc2Cl)c1. The molecule has 0 bridgehead atoms. The molecule has 21 heavy (non-hydrogen) atoms. The average molecular weight is 344 g/mol. The van der Waals surface area contributed by atoms with Crippen LogP contribution in [-0.4, -0.2) is 16.6 Å². The van der Waals surface area contributed by atoms with Crippen LogP contribution in [0.5, 0.6) is 5.75 Å². The van der Waals surface area contributed by atoms with Crippen LogP contribution in [0.1, 0.15) is 5.56 Å². The van der Waals surface area contributed by atoms with Gasteiger partial charge in [-0.2, -0.15) is 0 Å². The predicted octanol–water partition coefficient (Wildman–Crippen LogP) is 3.64. The van der Waals surface area contributed by atoms with Gasteiger partial charge in [0.1, 0.15) is 12.4 Å². The first-order valence-corrected chi connectivity index (χ1v) is 8.43. The molecule has 0 aromatic heterocycles. The highest BCUT2D eigenvalue weighted by atomic mass is 35.5. The van der Waals surface area contributed by atoms with Crippen molar-refractivity contribution in [1.82, 2.24) is 0 Å². The quantitative estimate of drug-likeness (QED) is 0.870. The molecule has 3 nitrogen and oxygen atoms in total. The summed E-state index contributed by atoms with van der Waals surface area (Å²) in [5.41, 5.74) is 6.56. The zero-order valence-electron chi connectivity index (χ0n) is 11.2. The Kier molecular flexibility index (Phi) is 6.06. The lowest BCUT2D eigenvalue weighted by Crippen LogP contribution is -2.09. The van der Waals surface area contributed by atoms with Gasteiger partial charge in [0.2, 0.25) is 0 Å². The molecular formula is C15H15Cl2NO2S. The normalized spacial score (nSPS) is 12.1. The molecule has 0 saturated heterocycles. The van der Waals surface area contributed by atoms with Crippen molar-refractivity contribution in [3.63, 3.8) is 0 Å². The van der Waals surface area contributed by atoms with Crippen LogP contribution in [0.3, 0.4) is 0 Å². The Bertz CT molecular complexity index is 649. The van der Waals surface area contributed by atoms with Crippen LogP contribution in [0.15, 0.2) is 47.4 Å². The van der Waals surface area contributed by atoms with E-state index in [0.717, 1.165) is 5.56 Å². The fourth-order valence-electron chi connectivity index (χ4n) is 1.76. The van der Waals surface area contributed by atoms with E-state index in [4.69, 9.17) is 33.7 Å². The third kappa shape index (κ3) is 4.71. The number of hydrogen-bond acceptors (Lipinski definition) is 3. The minimum atomic E-state index is -1.25. The van der Waals surface area contributed by atoms with Gasteiger partial charge in [0.25, 0.3) is 0 Å². The highest BCUT2D eigenvalue weighted by molar-refractivity contribution is 7.85. The van der Waals surface area contributed by atoms with Gasteiger partial charge < -0.3 is 10.5 Å². The molecule has 2 aromatic carbocycles. The van der Waals surface area contributed by atoms with Gasteiger partial charge >= 0.3 is 0 Å². The standard InChI is InChI=1S/C15H15Cl2NO2S/c16-12-4-5-14(17)15(9-12)21(19)7-6-20-13-3-1-2-11(8-13)10-18/h1-5,8-9H,6-7,10,18H2. The topological polar surface area (TPSA) is 52.3 Å². The summed E-state index contributed by atoms with van der Waals surface area (Å²) in [6.07, 6.45) is 0. The second-order valence-corrected chi connectivity index (χ2v) is 6.71. The maximum Gasteiger partial charge on any atom is 0.119 e. The van der Waals surface area contributed by atoms with Gasteiger partial charge in [0.05, 0.1) is 26.5 Å². The molecule has 0 aliphatic carbocycles. The fraction of sp³-hybridized carbons (Fsp3) is 0.200. The maximum absolute atomic E-state index is 12.2. The van der Waals surface area contributed by atoms with Gasteiger partial charge in [-0.1, -0.05) is 35.3 Å². The number of nitrogens with two attached hydrogens (primary N) is 1. The first kappa shape index (κ1) is 16.3. The summed E-state index contributed by atoms with van der Waals surface area (Å²) in [7, 11) is -1.25. The Hall–Kier alpha value is -1.07. The molecule has 0 fully saturated rings. The Morgan fingerprint density at radius 2 is 1.95 bits per heavy atom. The minimum Gasteiger partial charge on any atom is -0.493 e. The Balaban J connectivity index is 1.93. The van der Waals surface area contributed by atoms with Gasteiger partial charge in [0, 0.05) is 11.6 Å². The lowest BCUT2D eigenvalue weighted by atomic mass is 10.2. The van der Waals surface area contributed by atoms with Crippen molar-refractivity contribution < 1.29 is 8.95 Å². The van der Waals surface area contributed by atoms with Crippen LogP contribution in [0.25, 0.3) is 0 Å². The molecule has 2 rings (SSSR count). The Morgan fingerprint density at radius 1 is 1.14 bits per heavy atom. The zero-order valence-corrected chi connectivity index (χ0v) is 13.5. The smallest absolute Gasteiger partial charge is 0.119 e. The molecule has 0 radical (unpaired) electrons. The first-order chi connectivity index (χ1) is 10.1. The summed E-state index contributed by atoms with van der Waals surface area (Å²) in [4.78, 5) is 0.531. The summed E-state index contributed by atoms with van der Waals surface area (Å²) in [5, 5.41) is 0.960. The van der Waals surface area contributed by atoms with Gasteiger partial charge in [-0.25, -0.2) is 0 Å². The van der Waals surface area contributed by atoms with Crippen LogP contribution in [0.4, 0.5) is 0 Å². The van der Waals surface area contributed by atoms with Gasteiger partial charge in [0.15, 0.2) is 0 Å². The Labute approximate surface area is 136 Å². The van der Waals surface area contributed by atoms with Gasteiger partial charge in [-0.15, -0.1) is 0 Å². The van der Waals surface area contributed by atoms with E-state index in [-0.39, 0.29) is 0 Å². The molecule has 0 saturated carbocycles. The molecule has 0 aliphatic rings. The van der Waals surface area contributed by atoms with E-state index >= 15 is 0 Å². The van der Waals surface area contributed by atoms with Crippen molar-refractivity contribution in [3.8, 4) is 5.75 Å². The van der Waals surface area contributed by atoms with Crippen LogP contribution >= 0.6 is 23.2 Å². The summed E-state index contributed by atoms with van der Waals surface area (Å²) in [6, 6.07) is 12.4. The van der Waals surface area contributed by atoms with E-state index < -0.39 is 10.8 Å². The second kappa shape index (κ2) is 7.80. The molecule has 0 amide bonds. The van der Waals surface area contributed by atoms with E-state index in [1.54, 1.807) is 18.2 Å². The van der Waals surface area contributed by atoms with Crippen molar-refractivity contribution in [1.29, 1.82) is 0 Å². The summed E-state index contributed by atoms with van der Waals surface area (Å²) in [5.74, 6) is 1.06. The van der Waals surface area contributed by atoms with E-state index in [1.165, 1.54) is 0 Å². The highest BCUT2D eigenvalue weighted by Crippen LogP contribution is 2.24. The number of halogens is 2.